The maximum absolute atomic E-state index is 12.9. The molecule has 1 N–H and O–H groups in total. The van der Waals surface area contributed by atoms with Gasteiger partial charge < -0.3 is 15.1 Å². The van der Waals surface area contributed by atoms with E-state index in [9.17, 15) is 9.59 Å². The van der Waals surface area contributed by atoms with Gasteiger partial charge in [-0.25, -0.2) is 0 Å². The van der Waals surface area contributed by atoms with Gasteiger partial charge in [-0.1, -0.05) is 30.3 Å². The van der Waals surface area contributed by atoms with Crippen LogP contribution < -0.4 is 5.32 Å². The third-order valence-electron chi connectivity index (χ3n) is 5.22. The van der Waals surface area contributed by atoms with Crippen molar-refractivity contribution < 1.29 is 9.59 Å². The van der Waals surface area contributed by atoms with Gasteiger partial charge in [0.2, 0.25) is 11.8 Å². The number of hydrogen-bond donors (Lipinski definition) is 1. The monoisotopic (exact) mass is 359 g/mol. The number of benzene rings is 1. The fourth-order valence-electron chi connectivity index (χ4n) is 3.39. The molecule has 1 aromatic rings. The molecular formula is C21H33N3O2. The van der Waals surface area contributed by atoms with Crippen LogP contribution in [0, 0.1) is 11.3 Å². The average molecular weight is 360 g/mol. The molecule has 1 saturated heterocycles. The zero-order valence-electron chi connectivity index (χ0n) is 16.6. The summed E-state index contributed by atoms with van der Waals surface area (Å²) in [5, 5.41) is 2.89. The first-order valence-electron chi connectivity index (χ1n) is 9.57. The van der Waals surface area contributed by atoms with E-state index in [0.717, 1.165) is 38.9 Å². The van der Waals surface area contributed by atoms with Crippen molar-refractivity contribution in [3.8, 4) is 0 Å². The highest BCUT2D eigenvalue weighted by Gasteiger charge is 2.39. The number of nitrogens with zero attached hydrogens (tertiary/aromatic N) is 2. The van der Waals surface area contributed by atoms with Gasteiger partial charge in [-0.15, -0.1) is 0 Å². The lowest BCUT2D eigenvalue weighted by Gasteiger charge is -2.36. The molecule has 1 aromatic carbocycles. The maximum atomic E-state index is 12.9. The second-order valence-corrected chi connectivity index (χ2v) is 8.11. The highest BCUT2D eigenvalue weighted by molar-refractivity contribution is 6.04. The second-order valence-electron chi connectivity index (χ2n) is 8.11. The van der Waals surface area contributed by atoms with Gasteiger partial charge in [-0.3, -0.25) is 9.59 Å². The summed E-state index contributed by atoms with van der Waals surface area (Å²) in [6.45, 7) is 6.27. The SMILES string of the molecule is CN(C)CCNC(=O)C(C)(C)C(=O)N1CCC(Cc2ccccc2)CC1. The molecule has 5 nitrogen and oxygen atoms in total. The maximum Gasteiger partial charge on any atom is 0.237 e. The summed E-state index contributed by atoms with van der Waals surface area (Å²) < 4.78 is 0. The molecule has 1 aliphatic heterocycles. The van der Waals surface area contributed by atoms with Gasteiger partial charge in [-0.2, -0.15) is 0 Å². The third kappa shape index (κ3) is 5.56. The topological polar surface area (TPSA) is 52.7 Å². The molecule has 0 bridgehead atoms. The van der Waals surface area contributed by atoms with Crippen LogP contribution in [-0.4, -0.2) is 61.9 Å². The van der Waals surface area contributed by atoms with E-state index in [0.29, 0.717) is 12.5 Å². The van der Waals surface area contributed by atoms with Crippen LogP contribution in [-0.2, 0) is 16.0 Å². The Kier molecular flexibility index (Phi) is 7.21. The molecule has 2 amide bonds. The lowest BCUT2D eigenvalue weighted by atomic mass is 9.86. The molecule has 0 radical (unpaired) electrons. The Hall–Kier alpha value is -1.88. The molecule has 0 spiro atoms. The number of hydrogen-bond acceptors (Lipinski definition) is 3. The summed E-state index contributed by atoms with van der Waals surface area (Å²) in [4.78, 5) is 29.2. The van der Waals surface area contributed by atoms with Gasteiger partial charge >= 0.3 is 0 Å². The lowest BCUT2D eigenvalue weighted by molar-refractivity contribution is -0.149. The first-order valence-corrected chi connectivity index (χ1v) is 9.57. The molecule has 1 aliphatic rings. The molecule has 144 valence electrons. The quantitative estimate of drug-likeness (QED) is 0.759. The van der Waals surface area contributed by atoms with Crippen molar-refractivity contribution in [1.29, 1.82) is 0 Å². The van der Waals surface area contributed by atoms with E-state index in [-0.39, 0.29) is 11.8 Å². The molecule has 2 rings (SSSR count). The molecule has 5 heteroatoms. The summed E-state index contributed by atoms with van der Waals surface area (Å²) in [5.41, 5.74) is 0.344. The van der Waals surface area contributed by atoms with E-state index < -0.39 is 5.41 Å². The van der Waals surface area contributed by atoms with Crippen LogP contribution in [0.15, 0.2) is 30.3 Å². The largest absolute Gasteiger partial charge is 0.354 e. The van der Waals surface area contributed by atoms with E-state index in [1.165, 1.54) is 5.56 Å². The Morgan fingerprint density at radius 1 is 1.15 bits per heavy atom. The number of carbonyl (C=O) groups excluding carboxylic acids is 2. The first-order chi connectivity index (χ1) is 12.3. The summed E-state index contributed by atoms with van der Waals surface area (Å²) in [6.07, 6.45) is 3.06. The lowest BCUT2D eigenvalue weighted by Crippen LogP contribution is -2.52. The molecular weight excluding hydrogens is 326 g/mol. The van der Waals surface area contributed by atoms with E-state index in [2.05, 4.69) is 29.6 Å². The fraction of sp³-hybridized carbons (Fsp3) is 0.619. The number of carbonyl (C=O) groups is 2. The van der Waals surface area contributed by atoms with Crippen LogP contribution in [0.4, 0.5) is 0 Å². The van der Waals surface area contributed by atoms with Gasteiger partial charge in [0.15, 0.2) is 0 Å². The van der Waals surface area contributed by atoms with E-state index >= 15 is 0 Å². The van der Waals surface area contributed by atoms with Gasteiger partial charge in [0.1, 0.15) is 5.41 Å². The number of nitrogens with one attached hydrogen (secondary N) is 1. The number of likely N-dealkylation sites (tertiary alicyclic amines) is 1. The van der Waals surface area contributed by atoms with Crippen LogP contribution in [0.1, 0.15) is 32.3 Å². The van der Waals surface area contributed by atoms with Crippen molar-refractivity contribution in [2.45, 2.75) is 33.1 Å². The second kappa shape index (κ2) is 9.17. The van der Waals surface area contributed by atoms with E-state index in [1.807, 2.05) is 30.0 Å². The number of piperidine rings is 1. The summed E-state index contributed by atoms with van der Waals surface area (Å²) in [7, 11) is 3.92. The smallest absolute Gasteiger partial charge is 0.237 e. The van der Waals surface area contributed by atoms with Crippen molar-refractivity contribution in [3.63, 3.8) is 0 Å². The van der Waals surface area contributed by atoms with Gasteiger partial charge in [-0.05, 0) is 58.7 Å². The van der Waals surface area contributed by atoms with Crippen LogP contribution in [0.3, 0.4) is 0 Å². The number of amides is 2. The Morgan fingerprint density at radius 2 is 1.77 bits per heavy atom. The van der Waals surface area contributed by atoms with Crippen molar-refractivity contribution in [2.75, 3.05) is 40.3 Å². The molecule has 1 fully saturated rings. The van der Waals surface area contributed by atoms with Crippen LogP contribution in [0.5, 0.6) is 0 Å². The van der Waals surface area contributed by atoms with Crippen LogP contribution in [0.2, 0.25) is 0 Å². The Morgan fingerprint density at radius 3 is 2.35 bits per heavy atom. The summed E-state index contributed by atoms with van der Waals surface area (Å²) >= 11 is 0. The molecule has 0 unspecified atom stereocenters. The van der Waals surface area contributed by atoms with Crippen molar-refractivity contribution in [2.24, 2.45) is 11.3 Å². The Bertz CT molecular complexity index is 591. The molecule has 0 atom stereocenters. The normalized spacial score (nSPS) is 16.0. The molecule has 0 saturated carbocycles. The molecule has 0 aliphatic carbocycles. The van der Waals surface area contributed by atoms with E-state index in [4.69, 9.17) is 0 Å². The van der Waals surface area contributed by atoms with E-state index in [1.54, 1.807) is 13.8 Å². The molecule has 26 heavy (non-hydrogen) atoms. The third-order valence-corrected chi connectivity index (χ3v) is 5.22. The summed E-state index contributed by atoms with van der Waals surface area (Å²) in [6, 6.07) is 10.5. The minimum absolute atomic E-state index is 0.0574. The predicted octanol–water partition coefficient (Wildman–Crippen LogP) is 2.17. The Balaban J connectivity index is 1.83. The number of likely N-dealkylation sites (N-methyl/N-ethyl adjacent to an activating group) is 1. The first kappa shape index (κ1) is 20.4. The van der Waals surface area contributed by atoms with Crippen LogP contribution >= 0.6 is 0 Å². The van der Waals surface area contributed by atoms with Gasteiger partial charge in [0.25, 0.3) is 0 Å². The van der Waals surface area contributed by atoms with Crippen LogP contribution in [0.25, 0.3) is 0 Å². The highest BCUT2D eigenvalue weighted by Crippen LogP contribution is 2.26. The fourth-order valence-corrected chi connectivity index (χ4v) is 3.39. The number of rotatable bonds is 7. The van der Waals surface area contributed by atoms with Crippen molar-refractivity contribution in [1.82, 2.24) is 15.1 Å². The van der Waals surface area contributed by atoms with Gasteiger partial charge in [0, 0.05) is 26.2 Å². The Labute approximate surface area is 157 Å². The summed E-state index contributed by atoms with van der Waals surface area (Å²) in [5.74, 6) is 0.368. The van der Waals surface area contributed by atoms with Crippen molar-refractivity contribution in [3.05, 3.63) is 35.9 Å². The highest BCUT2D eigenvalue weighted by atomic mass is 16.2. The minimum Gasteiger partial charge on any atom is -0.354 e. The standard InChI is InChI=1S/C21H33N3O2/c1-21(2,19(25)22-12-15-23(3)4)20(26)24-13-10-18(11-14-24)16-17-8-6-5-7-9-17/h5-9,18H,10-16H2,1-4H3,(H,22,25). The zero-order valence-corrected chi connectivity index (χ0v) is 16.6. The van der Waals surface area contributed by atoms with Gasteiger partial charge in [0.05, 0.1) is 0 Å². The molecule has 0 aromatic heterocycles. The average Bonchev–Trinajstić information content (AvgIpc) is 2.62. The zero-order chi connectivity index (χ0) is 19.2. The minimum atomic E-state index is -1.02. The predicted molar refractivity (Wildman–Crippen MR) is 105 cm³/mol. The van der Waals surface area contributed by atoms with Crippen molar-refractivity contribution >= 4 is 11.8 Å². The molecule has 1 heterocycles.